The summed E-state index contributed by atoms with van der Waals surface area (Å²) in [5, 5.41) is 0. The fraction of sp³-hybridized carbons (Fsp3) is 0.286. The van der Waals surface area contributed by atoms with Crippen molar-refractivity contribution in [2.75, 3.05) is 13.7 Å². The molecule has 1 N–H and O–H groups in total. The Bertz CT molecular complexity index is 1160. The zero-order valence-electron chi connectivity index (χ0n) is 16.5. The van der Waals surface area contributed by atoms with Crippen LogP contribution in [0.25, 0.3) is 11.3 Å². The van der Waals surface area contributed by atoms with Gasteiger partial charge in [-0.05, 0) is 29.8 Å². The molecule has 2 aromatic heterocycles. The Morgan fingerprint density at radius 2 is 2.06 bits per heavy atom. The van der Waals surface area contributed by atoms with Gasteiger partial charge in [0.2, 0.25) is 5.82 Å². The molecular weight excluding hydrogens is 477 g/mol. The minimum atomic E-state index is -4.67. The number of nitrogens with zero attached hydrogens (tertiary/aromatic N) is 3. The van der Waals surface area contributed by atoms with E-state index in [2.05, 4.69) is 25.9 Å². The third-order valence-electron chi connectivity index (χ3n) is 5.08. The monoisotopic (exact) mass is 494 g/mol. The number of aromatic nitrogens is 3. The number of aromatic amines is 1. The second-order valence-corrected chi connectivity index (χ2v) is 8.11. The van der Waals surface area contributed by atoms with Crippen LogP contribution in [0, 0.1) is 0 Å². The number of fused-ring (bicyclic) bond motifs is 1. The van der Waals surface area contributed by atoms with E-state index in [9.17, 15) is 18.0 Å². The molecule has 3 aromatic rings. The van der Waals surface area contributed by atoms with Crippen molar-refractivity contribution in [2.45, 2.75) is 25.7 Å². The number of hydrogen-bond acceptors (Lipinski definition) is 5. The maximum Gasteiger partial charge on any atom is 0.449 e. The van der Waals surface area contributed by atoms with E-state index in [1.54, 1.807) is 13.3 Å². The molecule has 0 unspecified atom stereocenters. The minimum absolute atomic E-state index is 0.211. The average molecular weight is 495 g/mol. The number of ether oxygens (including phenoxy) is 1. The van der Waals surface area contributed by atoms with Crippen LogP contribution < -0.4 is 10.3 Å². The first-order valence-corrected chi connectivity index (χ1v) is 10.2. The molecule has 162 valence electrons. The highest BCUT2D eigenvalue weighted by molar-refractivity contribution is 9.10. The topological polar surface area (TPSA) is 71.1 Å². The zero-order chi connectivity index (χ0) is 22.2. The highest BCUT2D eigenvalue weighted by atomic mass is 79.9. The van der Waals surface area contributed by atoms with E-state index in [0.29, 0.717) is 18.8 Å². The second kappa shape index (κ2) is 8.43. The van der Waals surface area contributed by atoms with E-state index in [0.717, 1.165) is 21.3 Å². The summed E-state index contributed by atoms with van der Waals surface area (Å²) < 4.78 is 44.9. The molecule has 0 amide bonds. The van der Waals surface area contributed by atoms with Crippen LogP contribution in [0.4, 0.5) is 13.2 Å². The van der Waals surface area contributed by atoms with E-state index < -0.39 is 17.6 Å². The number of nitrogens with one attached hydrogen (secondary N) is 1. The van der Waals surface area contributed by atoms with Gasteiger partial charge in [0.25, 0.3) is 5.56 Å². The van der Waals surface area contributed by atoms with Crippen molar-refractivity contribution in [3.63, 3.8) is 0 Å². The van der Waals surface area contributed by atoms with E-state index in [1.807, 2.05) is 40.2 Å². The van der Waals surface area contributed by atoms with Gasteiger partial charge in [-0.2, -0.15) is 13.2 Å². The molecule has 6 nitrogen and oxygen atoms in total. The standard InChI is InChI=1S/C21H18BrF3N4O2/c1-31-18-5-3-13(22)8-14(18)16-4-2-12(9-26-16)10-29-7-6-17-15(11-29)19(30)28-20(27-17)21(23,24)25/h2-5,8-9H,6-7,10-11H2,1H3,(H,27,28,30). The predicted octanol–water partition coefficient (Wildman–Crippen LogP) is 4.18. The number of methoxy groups -OCH3 is 1. The van der Waals surface area contributed by atoms with Gasteiger partial charge in [-0.3, -0.25) is 14.7 Å². The molecule has 1 aromatic carbocycles. The predicted molar refractivity (Wildman–Crippen MR) is 112 cm³/mol. The van der Waals surface area contributed by atoms with Gasteiger partial charge in [-0.1, -0.05) is 22.0 Å². The molecule has 0 saturated heterocycles. The Morgan fingerprint density at radius 1 is 1.26 bits per heavy atom. The Labute approximate surface area is 184 Å². The third kappa shape index (κ3) is 4.64. The molecule has 0 aliphatic carbocycles. The summed E-state index contributed by atoms with van der Waals surface area (Å²) >= 11 is 3.45. The van der Waals surface area contributed by atoms with Gasteiger partial charge in [0.1, 0.15) is 5.75 Å². The summed E-state index contributed by atoms with van der Waals surface area (Å²) in [6.07, 6.45) is -2.64. The van der Waals surface area contributed by atoms with Gasteiger partial charge in [-0.25, -0.2) is 4.98 Å². The van der Waals surface area contributed by atoms with Gasteiger partial charge >= 0.3 is 6.18 Å². The summed E-state index contributed by atoms with van der Waals surface area (Å²) in [5.74, 6) is -0.534. The van der Waals surface area contributed by atoms with Crippen LogP contribution in [0.2, 0.25) is 0 Å². The number of alkyl halides is 3. The van der Waals surface area contributed by atoms with Crippen molar-refractivity contribution < 1.29 is 17.9 Å². The molecule has 0 radical (unpaired) electrons. The van der Waals surface area contributed by atoms with Gasteiger partial charge < -0.3 is 9.72 Å². The molecule has 0 bridgehead atoms. The van der Waals surface area contributed by atoms with Gasteiger partial charge in [-0.15, -0.1) is 0 Å². The molecule has 0 fully saturated rings. The van der Waals surface area contributed by atoms with E-state index in [-0.39, 0.29) is 24.2 Å². The maximum atomic E-state index is 12.9. The van der Waals surface area contributed by atoms with Crippen LogP contribution in [0.1, 0.15) is 22.6 Å². The first-order chi connectivity index (χ1) is 14.7. The smallest absolute Gasteiger partial charge is 0.449 e. The van der Waals surface area contributed by atoms with Crippen molar-refractivity contribution in [2.24, 2.45) is 0 Å². The molecular formula is C21H18BrF3N4O2. The summed E-state index contributed by atoms with van der Waals surface area (Å²) in [4.78, 5) is 24.2. The van der Waals surface area contributed by atoms with Crippen LogP contribution in [0.3, 0.4) is 0 Å². The summed E-state index contributed by atoms with van der Waals surface area (Å²) in [5.41, 5.74) is 2.29. The minimum Gasteiger partial charge on any atom is -0.496 e. The summed E-state index contributed by atoms with van der Waals surface area (Å²) in [6.45, 7) is 1.25. The molecule has 1 aliphatic rings. The van der Waals surface area contributed by atoms with Crippen molar-refractivity contribution in [1.82, 2.24) is 19.9 Å². The average Bonchev–Trinajstić information content (AvgIpc) is 2.74. The molecule has 0 saturated carbocycles. The van der Waals surface area contributed by atoms with Crippen LogP contribution >= 0.6 is 15.9 Å². The van der Waals surface area contributed by atoms with Crippen LogP contribution in [0.15, 0.2) is 45.8 Å². The normalized spacial score (nSPS) is 14.4. The van der Waals surface area contributed by atoms with Crippen molar-refractivity contribution in [3.05, 3.63) is 74.0 Å². The number of benzene rings is 1. The van der Waals surface area contributed by atoms with Gasteiger partial charge in [0.15, 0.2) is 0 Å². The Balaban J connectivity index is 1.51. The molecule has 4 rings (SSSR count). The summed E-state index contributed by atoms with van der Waals surface area (Å²) in [6, 6.07) is 9.50. The summed E-state index contributed by atoms with van der Waals surface area (Å²) in [7, 11) is 1.60. The van der Waals surface area contributed by atoms with Crippen LogP contribution in [-0.2, 0) is 25.7 Å². The molecule has 3 heterocycles. The number of rotatable bonds is 4. The maximum absolute atomic E-state index is 12.9. The lowest BCUT2D eigenvalue weighted by Crippen LogP contribution is -2.36. The third-order valence-corrected chi connectivity index (χ3v) is 5.58. The van der Waals surface area contributed by atoms with Crippen LogP contribution in [0.5, 0.6) is 5.75 Å². The second-order valence-electron chi connectivity index (χ2n) is 7.19. The number of hydrogen-bond donors (Lipinski definition) is 1. The first kappa shape index (κ1) is 21.5. The van der Waals surface area contributed by atoms with E-state index >= 15 is 0 Å². The lowest BCUT2D eigenvalue weighted by Gasteiger charge is -2.27. The molecule has 31 heavy (non-hydrogen) atoms. The van der Waals surface area contributed by atoms with Crippen molar-refractivity contribution in [1.29, 1.82) is 0 Å². The Hall–Kier alpha value is -2.72. The SMILES string of the molecule is COc1ccc(Br)cc1-c1ccc(CN2CCc3nc(C(F)(F)F)[nH]c(=O)c3C2)cn1. The lowest BCUT2D eigenvalue weighted by molar-refractivity contribution is -0.145. The largest absolute Gasteiger partial charge is 0.496 e. The van der Waals surface area contributed by atoms with Gasteiger partial charge in [0.05, 0.1) is 24.1 Å². The fourth-order valence-electron chi connectivity index (χ4n) is 3.57. The first-order valence-electron chi connectivity index (χ1n) is 9.45. The number of H-pyrrole nitrogens is 1. The zero-order valence-corrected chi connectivity index (χ0v) is 18.0. The van der Waals surface area contributed by atoms with Crippen molar-refractivity contribution in [3.8, 4) is 17.0 Å². The highest BCUT2D eigenvalue weighted by Crippen LogP contribution is 2.31. The highest BCUT2D eigenvalue weighted by Gasteiger charge is 2.35. The molecule has 0 spiro atoms. The molecule has 10 heteroatoms. The Kier molecular flexibility index (Phi) is 5.85. The van der Waals surface area contributed by atoms with Gasteiger partial charge in [0, 0.05) is 42.3 Å². The number of pyridine rings is 1. The lowest BCUT2D eigenvalue weighted by atomic mass is 10.1. The van der Waals surface area contributed by atoms with Crippen molar-refractivity contribution >= 4 is 15.9 Å². The van der Waals surface area contributed by atoms with Crippen LogP contribution in [-0.4, -0.2) is 33.5 Å². The molecule has 0 atom stereocenters. The van der Waals surface area contributed by atoms with E-state index in [4.69, 9.17) is 4.74 Å². The number of halogens is 4. The fourth-order valence-corrected chi connectivity index (χ4v) is 3.93. The molecule has 1 aliphatic heterocycles. The Morgan fingerprint density at radius 3 is 2.74 bits per heavy atom. The van der Waals surface area contributed by atoms with E-state index in [1.165, 1.54) is 0 Å². The quantitative estimate of drug-likeness (QED) is 0.589.